The fourth-order valence-electron chi connectivity index (χ4n) is 1.28. The van der Waals surface area contributed by atoms with Gasteiger partial charge in [0.25, 0.3) is 5.91 Å². The van der Waals surface area contributed by atoms with Gasteiger partial charge in [0.15, 0.2) is 0 Å². The van der Waals surface area contributed by atoms with E-state index in [-0.39, 0.29) is 0 Å². The minimum absolute atomic E-state index is 0.418. The van der Waals surface area contributed by atoms with Gasteiger partial charge in [-0.2, -0.15) is 0 Å². The van der Waals surface area contributed by atoms with Gasteiger partial charge in [-0.3, -0.25) is 4.79 Å². The van der Waals surface area contributed by atoms with E-state index in [0.29, 0.717) is 16.3 Å². The summed E-state index contributed by atoms with van der Waals surface area (Å²) in [6.45, 7) is 2.15. The van der Waals surface area contributed by atoms with Crippen LogP contribution in [0.4, 0.5) is 5.69 Å². The van der Waals surface area contributed by atoms with Gasteiger partial charge >= 0.3 is 0 Å². The number of aromatic nitrogens is 1. The molecule has 1 rings (SSSR count). The van der Waals surface area contributed by atoms with Crippen LogP contribution in [0.2, 0.25) is 0 Å². The first-order valence-corrected chi connectivity index (χ1v) is 6.31. The van der Waals surface area contributed by atoms with Gasteiger partial charge < -0.3 is 11.5 Å². The maximum absolute atomic E-state index is 11.2. The number of hydrogen-bond donors (Lipinski definition) is 2. The molecule has 0 spiro atoms. The number of rotatable bonds is 6. The van der Waals surface area contributed by atoms with Gasteiger partial charge in [-0.05, 0) is 18.2 Å². The largest absolute Gasteiger partial charge is 0.397 e. The zero-order valence-corrected chi connectivity index (χ0v) is 10.2. The molecule has 5 heteroatoms. The lowest BCUT2D eigenvalue weighted by atomic mass is 10.2. The third-order valence-corrected chi connectivity index (χ3v) is 3.22. The fraction of sp³-hybridized carbons (Fsp3) is 0.455. The van der Waals surface area contributed by atoms with E-state index < -0.39 is 5.91 Å². The first-order chi connectivity index (χ1) is 7.65. The molecular formula is C11H17N3OS. The Morgan fingerprint density at radius 2 is 2.25 bits per heavy atom. The van der Waals surface area contributed by atoms with Crippen molar-refractivity contribution in [1.29, 1.82) is 0 Å². The van der Waals surface area contributed by atoms with Crippen molar-refractivity contribution in [3.63, 3.8) is 0 Å². The van der Waals surface area contributed by atoms with Crippen molar-refractivity contribution >= 4 is 23.4 Å². The predicted octanol–water partition coefficient (Wildman–Crippen LogP) is 2.04. The summed E-state index contributed by atoms with van der Waals surface area (Å²) >= 11 is 1.56. The topological polar surface area (TPSA) is 82.0 Å². The zero-order valence-electron chi connectivity index (χ0n) is 9.40. The first-order valence-electron chi connectivity index (χ1n) is 5.33. The number of carbonyl (C=O) groups excluding carboxylic acids is 1. The molecule has 0 aliphatic rings. The molecule has 0 saturated carbocycles. The highest BCUT2D eigenvalue weighted by molar-refractivity contribution is 7.99. The Bertz CT molecular complexity index is 368. The summed E-state index contributed by atoms with van der Waals surface area (Å²) in [5.41, 5.74) is 11.7. The molecule has 1 aromatic heterocycles. The van der Waals surface area contributed by atoms with E-state index in [1.54, 1.807) is 24.0 Å². The number of pyridine rings is 1. The Labute approximate surface area is 99.8 Å². The van der Waals surface area contributed by atoms with Gasteiger partial charge in [0.1, 0.15) is 5.03 Å². The van der Waals surface area contributed by atoms with E-state index in [2.05, 4.69) is 11.9 Å². The molecule has 1 heterocycles. The molecule has 1 aromatic rings. The Balaban J connectivity index is 2.67. The number of hydrogen-bond acceptors (Lipinski definition) is 4. The van der Waals surface area contributed by atoms with Crippen molar-refractivity contribution in [1.82, 2.24) is 4.98 Å². The highest BCUT2D eigenvalue weighted by atomic mass is 32.2. The second kappa shape index (κ2) is 6.37. The smallest absolute Gasteiger partial charge is 0.251 e. The molecule has 4 N–H and O–H groups in total. The van der Waals surface area contributed by atoms with Crippen molar-refractivity contribution in [2.45, 2.75) is 31.2 Å². The normalized spacial score (nSPS) is 10.3. The van der Waals surface area contributed by atoms with E-state index in [0.717, 1.165) is 12.2 Å². The van der Waals surface area contributed by atoms with E-state index in [1.165, 1.54) is 12.8 Å². The summed E-state index contributed by atoms with van der Waals surface area (Å²) in [6, 6.07) is 1.58. The molecule has 4 nitrogen and oxygen atoms in total. The van der Waals surface area contributed by atoms with Gasteiger partial charge in [0.05, 0.1) is 17.4 Å². The van der Waals surface area contributed by atoms with Gasteiger partial charge in [-0.1, -0.05) is 19.8 Å². The van der Waals surface area contributed by atoms with E-state index >= 15 is 0 Å². The second-order valence-corrected chi connectivity index (χ2v) is 4.62. The molecule has 16 heavy (non-hydrogen) atoms. The van der Waals surface area contributed by atoms with E-state index in [9.17, 15) is 4.79 Å². The molecule has 0 atom stereocenters. The van der Waals surface area contributed by atoms with Crippen LogP contribution in [0.3, 0.4) is 0 Å². The SMILES string of the molecule is CCCCCSc1ncc(N)cc1C(N)=O. The number of nitrogen functional groups attached to an aromatic ring is 1. The molecule has 0 aliphatic heterocycles. The van der Waals surface area contributed by atoms with Gasteiger partial charge in [0, 0.05) is 0 Å². The lowest BCUT2D eigenvalue weighted by Gasteiger charge is -2.05. The highest BCUT2D eigenvalue weighted by Gasteiger charge is 2.10. The van der Waals surface area contributed by atoms with Crippen molar-refractivity contribution in [2.24, 2.45) is 5.73 Å². The Hall–Kier alpha value is -1.23. The average Bonchev–Trinajstić information content (AvgIpc) is 2.26. The number of nitrogens with zero attached hydrogens (tertiary/aromatic N) is 1. The Kier molecular flexibility index (Phi) is 5.11. The Morgan fingerprint density at radius 1 is 1.50 bits per heavy atom. The Morgan fingerprint density at radius 3 is 2.88 bits per heavy atom. The van der Waals surface area contributed by atoms with Crippen LogP contribution in [0.5, 0.6) is 0 Å². The number of nitrogens with two attached hydrogens (primary N) is 2. The van der Waals surface area contributed by atoms with Crippen molar-refractivity contribution < 1.29 is 4.79 Å². The first kappa shape index (κ1) is 12.8. The minimum Gasteiger partial charge on any atom is -0.397 e. The second-order valence-electron chi connectivity index (χ2n) is 3.54. The third kappa shape index (κ3) is 3.73. The molecule has 0 aromatic carbocycles. The summed E-state index contributed by atoms with van der Waals surface area (Å²) in [6.07, 6.45) is 5.03. The van der Waals surface area contributed by atoms with Crippen LogP contribution in [-0.2, 0) is 0 Å². The van der Waals surface area contributed by atoms with Crippen LogP contribution in [-0.4, -0.2) is 16.6 Å². The van der Waals surface area contributed by atoms with Crippen molar-refractivity contribution in [3.8, 4) is 0 Å². The van der Waals surface area contributed by atoms with Crippen molar-refractivity contribution in [2.75, 3.05) is 11.5 Å². The maximum atomic E-state index is 11.2. The molecule has 88 valence electrons. The lowest BCUT2D eigenvalue weighted by Crippen LogP contribution is -2.13. The fourth-order valence-corrected chi connectivity index (χ4v) is 2.26. The van der Waals surface area contributed by atoms with Crippen LogP contribution in [0.25, 0.3) is 0 Å². The number of primary amides is 1. The monoisotopic (exact) mass is 239 g/mol. The maximum Gasteiger partial charge on any atom is 0.251 e. The third-order valence-electron chi connectivity index (χ3n) is 2.12. The van der Waals surface area contributed by atoms with Crippen molar-refractivity contribution in [3.05, 3.63) is 17.8 Å². The molecule has 0 aliphatic carbocycles. The molecule has 0 unspecified atom stereocenters. The van der Waals surface area contributed by atoms with Gasteiger partial charge in [-0.15, -0.1) is 11.8 Å². The average molecular weight is 239 g/mol. The number of thioether (sulfide) groups is 1. The van der Waals surface area contributed by atoms with E-state index in [4.69, 9.17) is 11.5 Å². The summed E-state index contributed by atoms with van der Waals surface area (Å²) in [5, 5.41) is 0.679. The molecule has 0 saturated heterocycles. The molecular weight excluding hydrogens is 222 g/mol. The lowest BCUT2D eigenvalue weighted by molar-refractivity contribution is 0.0997. The summed E-state index contributed by atoms with van der Waals surface area (Å²) in [5.74, 6) is 0.475. The molecule has 1 amide bonds. The zero-order chi connectivity index (χ0) is 12.0. The molecule has 0 fully saturated rings. The van der Waals surface area contributed by atoms with Crippen LogP contribution in [0, 0.1) is 0 Å². The highest BCUT2D eigenvalue weighted by Crippen LogP contribution is 2.22. The standard InChI is InChI=1S/C11H17N3OS/c1-2-3-4-5-16-11-9(10(13)15)6-8(12)7-14-11/h6-7H,2-5,12H2,1H3,(H2,13,15). The number of unbranched alkanes of at least 4 members (excludes halogenated alkanes) is 2. The molecule has 0 bridgehead atoms. The van der Waals surface area contributed by atoms with Gasteiger partial charge in [0.2, 0.25) is 0 Å². The van der Waals surface area contributed by atoms with Crippen LogP contribution >= 0.6 is 11.8 Å². The minimum atomic E-state index is -0.474. The number of anilines is 1. The van der Waals surface area contributed by atoms with E-state index in [1.807, 2.05) is 0 Å². The molecule has 0 radical (unpaired) electrons. The number of amides is 1. The quantitative estimate of drug-likeness (QED) is 0.588. The van der Waals surface area contributed by atoms with Gasteiger partial charge in [-0.25, -0.2) is 4.98 Å². The number of carbonyl (C=O) groups is 1. The summed E-state index contributed by atoms with van der Waals surface area (Å²) in [7, 11) is 0. The van der Waals surface area contributed by atoms with Crippen LogP contribution in [0.15, 0.2) is 17.3 Å². The predicted molar refractivity (Wildman–Crippen MR) is 67.4 cm³/mol. The van der Waals surface area contributed by atoms with Crippen LogP contribution in [0.1, 0.15) is 36.5 Å². The van der Waals surface area contributed by atoms with Crippen LogP contribution < -0.4 is 11.5 Å². The summed E-state index contributed by atoms with van der Waals surface area (Å²) < 4.78 is 0. The summed E-state index contributed by atoms with van der Waals surface area (Å²) in [4.78, 5) is 15.3.